The van der Waals surface area contributed by atoms with E-state index in [0.717, 1.165) is 17.0 Å². The first-order valence-corrected chi connectivity index (χ1v) is 11.9. The molecule has 1 fully saturated rings. The lowest BCUT2D eigenvalue weighted by molar-refractivity contribution is -0.116. The molecule has 3 amide bonds. The molecule has 33 heavy (non-hydrogen) atoms. The number of carbonyl (C=O) groups is 2. The highest BCUT2D eigenvalue weighted by Gasteiger charge is 2.47. The third-order valence-corrected chi connectivity index (χ3v) is 7.06. The number of nitrogens with one attached hydrogen (secondary N) is 2. The van der Waals surface area contributed by atoms with Crippen LogP contribution in [-0.4, -0.2) is 57.8 Å². The van der Waals surface area contributed by atoms with Crippen molar-refractivity contribution in [3.8, 4) is 0 Å². The van der Waals surface area contributed by atoms with Crippen molar-refractivity contribution in [2.45, 2.75) is 16.9 Å². The minimum Gasteiger partial charge on any atom is -0.310 e. The third-order valence-electron chi connectivity index (χ3n) is 4.53. The van der Waals surface area contributed by atoms with Gasteiger partial charge in [-0.1, -0.05) is 0 Å². The van der Waals surface area contributed by atoms with Gasteiger partial charge in [0.15, 0.2) is 0 Å². The summed E-state index contributed by atoms with van der Waals surface area (Å²) in [5, 5.41) is 0. The molecule has 0 spiro atoms. The molecule has 0 bridgehead atoms. The Labute approximate surface area is 186 Å². The second kappa shape index (κ2) is 8.60. The van der Waals surface area contributed by atoms with E-state index in [0.29, 0.717) is 22.6 Å². The molecule has 0 radical (unpaired) electrons. The number of amides is 3. The maximum atomic E-state index is 12.8. The van der Waals surface area contributed by atoms with Gasteiger partial charge in [-0.05, 0) is 35.9 Å². The first kappa shape index (κ1) is 24.4. The van der Waals surface area contributed by atoms with Crippen molar-refractivity contribution in [2.75, 3.05) is 23.2 Å². The molecule has 2 aromatic rings. The van der Waals surface area contributed by atoms with E-state index in [1.165, 1.54) is 25.5 Å². The predicted octanol–water partition coefficient (Wildman–Crippen LogP) is 1.22. The Hall–Kier alpha value is -3.24. The SMILES string of the molecule is CNS(=O)(=O)Nc1cnccc1CN1CC(=O)N(c2ccc(S(=O)(=O)C(F)(F)F)cc2)C1=O. The summed E-state index contributed by atoms with van der Waals surface area (Å²) in [7, 11) is -8.28. The lowest BCUT2D eigenvalue weighted by atomic mass is 10.2. The van der Waals surface area contributed by atoms with Gasteiger partial charge in [0.1, 0.15) is 6.54 Å². The molecule has 3 rings (SSSR count). The fourth-order valence-electron chi connectivity index (χ4n) is 2.89. The number of nitrogens with zero attached hydrogens (tertiary/aromatic N) is 3. The zero-order valence-electron chi connectivity index (χ0n) is 16.7. The van der Waals surface area contributed by atoms with Gasteiger partial charge in [0.05, 0.1) is 29.0 Å². The Morgan fingerprint density at radius 2 is 1.70 bits per heavy atom. The summed E-state index contributed by atoms with van der Waals surface area (Å²) in [5.74, 6) is -0.710. The van der Waals surface area contributed by atoms with Gasteiger partial charge in [-0.3, -0.25) is 14.5 Å². The highest BCUT2D eigenvalue weighted by molar-refractivity contribution is 7.92. The van der Waals surface area contributed by atoms with E-state index in [4.69, 9.17) is 0 Å². The molecule has 0 atom stereocenters. The lowest BCUT2D eigenvalue weighted by Gasteiger charge is -2.19. The fourth-order valence-corrected chi connectivity index (χ4v) is 4.23. The molecule has 1 aromatic carbocycles. The van der Waals surface area contributed by atoms with Gasteiger partial charge in [-0.15, -0.1) is 0 Å². The smallest absolute Gasteiger partial charge is 0.310 e. The van der Waals surface area contributed by atoms with Crippen LogP contribution < -0.4 is 14.3 Å². The average molecular weight is 507 g/mol. The number of pyridine rings is 1. The fraction of sp³-hybridized carbons (Fsp3) is 0.235. The molecular formula is C17H16F3N5O6S2. The summed E-state index contributed by atoms with van der Waals surface area (Å²) in [4.78, 5) is 29.7. The van der Waals surface area contributed by atoms with E-state index in [1.54, 1.807) is 0 Å². The van der Waals surface area contributed by atoms with Crippen molar-refractivity contribution in [3.05, 3.63) is 48.3 Å². The van der Waals surface area contributed by atoms with Crippen LogP contribution in [0, 0.1) is 0 Å². The van der Waals surface area contributed by atoms with E-state index >= 15 is 0 Å². The molecule has 0 saturated carbocycles. The van der Waals surface area contributed by atoms with E-state index < -0.39 is 48.9 Å². The lowest BCUT2D eigenvalue weighted by Crippen LogP contribution is -2.33. The van der Waals surface area contributed by atoms with Crippen LogP contribution in [0.5, 0.6) is 0 Å². The van der Waals surface area contributed by atoms with E-state index in [-0.39, 0.29) is 17.9 Å². The summed E-state index contributed by atoms with van der Waals surface area (Å²) in [6, 6.07) is 3.73. The molecule has 2 heterocycles. The van der Waals surface area contributed by atoms with Crippen molar-refractivity contribution < 1.29 is 39.6 Å². The summed E-state index contributed by atoms with van der Waals surface area (Å²) in [5.41, 5.74) is -5.24. The van der Waals surface area contributed by atoms with Gasteiger partial charge in [-0.25, -0.2) is 22.8 Å². The normalized spacial score (nSPS) is 15.3. The maximum Gasteiger partial charge on any atom is 0.501 e. The van der Waals surface area contributed by atoms with Crippen LogP contribution in [-0.2, 0) is 31.4 Å². The van der Waals surface area contributed by atoms with Gasteiger partial charge in [0.25, 0.3) is 26.0 Å². The predicted molar refractivity (Wildman–Crippen MR) is 109 cm³/mol. The minimum absolute atomic E-state index is 0.0623. The maximum absolute atomic E-state index is 12.8. The minimum atomic E-state index is -5.58. The molecule has 0 aliphatic carbocycles. The Bertz CT molecular complexity index is 1300. The number of aromatic nitrogens is 1. The Kier molecular flexibility index (Phi) is 6.36. The number of hydrogen-bond donors (Lipinski definition) is 2. The summed E-state index contributed by atoms with van der Waals surface area (Å²) in [6.07, 6.45) is 2.57. The number of alkyl halides is 3. The van der Waals surface area contributed by atoms with E-state index in [9.17, 15) is 39.6 Å². The number of anilines is 2. The average Bonchev–Trinajstić information content (AvgIpc) is 3.01. The highest BCUT2D eigenvalue weighted by Crippen LogP contribution is 2.32. The number of benzene rings is 1. The van der Waals surface area contributed by atoms with Crippen LogP contribution >= 0.6 is 0 Å². The van der Waals surface area contributed by atoms with Crippen LogP contribution in [0.3, 0.4) is 0 Å². The molecule has 178 valence electrons. The molecule has 2 N–H and O–H groups in total. The second-order valence-electron chi connectivity index (χ2n) is 6.65. The Balaban J connectivity index is 1.83. The van der Waals surface area contributed by atoms with E-state index in [2.05, 4.69) is 14.4 Å². The number of carbonyl (C=O) groups excluding carboxylic acids is 2. The van der Waals surface area contributed by atoms with Gasteiger partial charge < -0.3 is 4.90 Å². The molecule has 1 aliphatic rings. The van der Waals surface area contributed by atoms with Gasteiger partial charge in [0.2, 0.25) is 0 Å². The van der Waals surface area contributed by atoms with Crippen molar-refractivity contribution in [2.24, 2.45) is 0 Å². The van der Waals surface area contributed by atoms with Crippen LogP contribution in [0.25, 0.3) is 0 Å². The van der Waals surface area contributed by atoms with Gasteiger partial charge >= 0.3 is 11.5 Å². The highest BCUT2D eigenvalue weighted by atomic mass is 32.2. The third kappa shape index (κ3) is 4.91. The van der Waals surface area contributed by atoms with Crippen molar-refractivity contribution in [3.63, 3.8) is 0 Å². The molecule has 0 unspecified atom stereocenters. The molecule has 1 aromatic heterocycles. The zero-order valence-corrected chi connectivity index (χ0v) is 18.3. The quantitative estimate of drug-likeness (QED) is 0.536. The Morgan fingerprint density at radius 3 is 2.27 bits per heavy atom. The molecule has 11 nitrogen and oxygen atoms in total. The number of hydrogen-bond acceptors (Lipinski definition) is 7. The number of urea groups is 1. The number of imide groups is 1. The molecule has 1 saturated heterocycles. The van der Waals surface area contributed by atoms with Crippen molar-refractivity contribution in [1.82, 2.24) is 14.6 Å². The van der Waals surface area contributed by atoms with Gasteiger partial charge in [0, 0.05) is 13.2 Å². The molecule has 1 aliphatic heterocycles. The summed E-state index contributed by atoms with van der Waals surface area (Å²) in [6.45, 7) is -0.590. The van der Waals surface area contributed by atoms with Crippen LogP contribution in [0.4, 0.5) is 29.3 Å². The molecular weight excluding hydrogens is 491 g/mol. The Morgan fingerprint density at radius 1 is 1.06 bits per heavy atom. The topological polar surface area (TPSA) is 146 Å². The monoisotopic (exact) mass is 507 g/mol. The van der Waals surface area contributed by atoms with Crippen molar-refractivity contribution in [1.29, 1.82) is 0 Å². The zero-order chi connectivity index (χ0) is 24.6. The largest absolute Gasteiger partial charge is 0.501 e. The molecule has 16 heteroatoms. The summed E-state index contributed by atoms with van der Waals surface area (Å²) >= 11 is 0. The van der Waals surface area contributed by atoms with Crippen LogP contribution in [0.1, 0.15) is 5.56 Å². The van der Waals surface area contributed by atoms with Crippen LogP contribution in [0.2, 0.25) is 0 Å². The van der Waals surface area contributed by atoms with Crippen molar-refractivity contribution >= 4 is 43.4 Å². The van der Waals surface area contributed by atoms with Gasteiger partial charge in [-0.2, -0.15) is 21.6 Å². The van der Waals surface area contributed by atoms with Crippen LogP contribution in [0.15, 0.2) is 47.6 Å². The number of sulfone groups is 1. The first-order chi connectivity index (χ1) is 15.3. The first-order valence-electron chi connectivity index (χ1n) is 8.94. The number of halogens is 3. The van der Waals surface area contributed by atoms with E-state index in [1.807, 2.05) is 0 Å². The number of rotatable bonds is 7. The summed E-state index contributed by atoms with van der Waals surface area (Å²) < 4.78 is 88.9. The second-order valence-corrected chi connectivity index (χ2v) is 10.2. The standard InChI is InChI=1S/C17H16F3N5O6S2/c1-21-33(30,31)23-14-8-22-7-6-11(14)9-24-10-15(26)25(16(24)27)12-2-4-13(5-3-12)32(28,29)17(18,19)20/h2-8,21,23H,9-10H2,1H3.